The van der Waals surface area contributed by atoms with E-state index < -0.39 is 12.6 Å². The highest BCUT2D eigenvalue weighted by molar-refractivity contribution is 9.09. The molecule has 1 atom stereocenters. The summed E-state index contributed by atoms with van der Waals surface area (Å²) in [5.41, 5.74) is 0.473. The third kappa shape index (κ3) is 5.52. The van der Waals surface area contributed by atoms with Crippen molar-refractivity contribution in [2.75, 3.05) is 18.4 Å². The number of alkyl halides is 1. The number of halogens is 1. The van der Waals surface area contributed by atoms with Crippen LogP contribution in [0.25, 0.3) is 0 Å². The molecular weight excluding hydrogens is 364 g/mol. The smallest absolute Gasteiger partial charge is 0.390 e. The number of nitrogens with zero attached hydrogens (tertiary/aromatic N) is 3. The van der Waals surface area contributed by atoms with Crippen LogP contribution in [0.4, 0.5) is 5.95 Å². The maximum atomic E-state index is 12.5. The lowest BCUT2D eigenvalue weighted by Gasteiger charge is -2.19. The van der Waals surface area contributed by atoms with Crippen LogP contribution >= 0.6 is 23.6 Å². The monoisotopic (exact) mass is 381 g/mol. The lowest BCUT2D eigenvalue weighted by molar-refractivity contribution is -0.396. The standard InChI is InChI=1S/C9H18BBrN5O4P/c1-15-8(6-12-9(15)16(17)18)7-20-21(19,13-4-2-10)14-5-3-11/h6H,2-5,7,10H2,1H3,(H2,13,14,19). The van der Waals surface area contributed by atoms with Gasteiger partial charge in [0, 0.05) is 11.9 Å². The van der Waals surface area contributed by atoms with Crippen LogP contribution in [0, 0.1) is 10.1 Å². The molecule has 0 bridgehead atoms. The fourth-order valence-electron chi connectivity index (χ4n) is 1.49. The van der Waals surface area contributed by atoms with E-state index in [1.54, 1.807) is 0 Å². The summed E-state index contributed by atoms with van der Waals surface area (Å²) >= 11 is 3.24. The van der Waals surface area contributed by atoms with Gasteiger partial charge in [0.05, 0.1) is 7.05 Å². The van der Waals surface area contributed by atoms with Crippen molar-refractivity contribution in [3.8, 4) is 0 Å². The maximum absolute atomic E-state index is 12.5. The van der Waals surface area contributed by atoms with E-state index in [0.29, 0.717) is 24.1 Å². The molecule has 0 aliphatic heterocycles. The lowest BCUT2D eigenvalue weighted by atomic mass is 10.1. The fraction of sp³-hybridized carbons (Fsp3) is 0.667. The van der Waals surface area contributed by atoms with Gasteiger partial charge < -0.3 is 10.1 Å². The van der Waals surface area contributed by atoms with Crippen LogP contribution in [-0.2, 0) is 22.7 Å². The molecular formula is C9H18BBrN5O4P. The molecule has 1 unspecified atom stereocenters. The van der Waals surface area contributed by atoms with E-state index in [0.717, 1.165) is 6.32 Å². The summed E-state index contributed by atoms with van der Waals surface area (Å²) in [5, 5.41) is 17.0. The largest absolute Gasteiger partial charge is 0.434 e. The van der Waals surface area contributed by atoms with Crippen molar-refractivity contribution in [1.82, 2.24) is 19.7 Å². The second kappa shape index (κ2) is 8.65. The van der Waals surface area contributed by atoms with Crippen LogP contribution in [0.1, 0.15) is 5.69 Å². The third-order valence-corrected chi connectivity index (χ3v) is 4.77. The Morgan fingerprint density at radius 1 is 1.57 bits per heavy atom. The van der Waals surface area contributed by atoms with Crippen LogP contribution in [-0.4, -0.2) is 40.7 Å². The highest BCUT2D eigenvalue weighted by atomic mass is 79.9. The molecule has 0 spiro atoms. The Hall–Kier alpha value is -0.735. The Morgan fingerprint density at radius 3 is 2.76 bits per heavy atom. The zero-order chi connectivity index (χ0) is 15.9. The Balaban J connectivity index is 2.72. The second-order valence-electron chi connectivity index (χ2n) is 4.20. The topological polar surface area (TPSA) is 111 Å². The molecule has 1 heterocycles. The number of nitrogens with one attached hydrogen (secondary N) is 2. The molecule has 1 rings (SSSR count). The first-order chi connectivity index (χ1) is 9.93. The summed E-state index contributed by atoms with van der Waals surface area (Å²) in [6, 6.07) is 0. The zero-order valence-electron chi connectivity index (χ0n) is 11.9. The molecule has 12 heteroatoms. The predicted molar refractivity (Wildman–Crippen MR) is 85.4 cm³/mol. The van der Waals surface area contributed by atoms with E-state index in [-0.39, 0.29) is 12.6 Å². The van der Waals surface area contributed by atoms with Gasteiger partial charge in [0.15, 0.2) is 0 Å². The van der Waals surface area contributed by atoms with Gasteiger partial charge in [-0.25, -0.2) is 14.7 Å². The van der Waals surface area contributed by atoms with E-state index in [2.05, 4.69) is 31.1 Å². The Bertz CT molecular complexity index is 516. The number of imidazole rings is 1. The minimum absolute atomic E-state index is 0.0411. The summed E-state index contributed by atoms with van der Waals surface area (Å²) in [5.74, 6) is -0.279. The normalized spacial score (nSPS) is 14.0. The molecule has 9 nitrogen and oxygen atoms in total. The third-order valence-electron chi connectivity index (χ3n) is 2.60. The summed E-state index contributed by atoms with van der Waals surface area (Å²) in [7, 11) is 0.272. The molecule has 0 aromatic carbocycles. The molecule has 0 saturated heterocycles. The number of rotatable bonds is 10. The number of hydrogen-bond acceptors (Lipinski definition) is 5. The van der Waals surface area contributed by atoms with Crippen LogP contribution in [0.15, 0.2) is 6.20 Å². The molecule has 118 valence electrons. The Morgan fingerprint density at radius 2 is 2.24 bits per heavy atom. The summed E-state index contributed by atoms with van der Waals surface area (Å²) < 4.78 is 19.3. The van der Waals surface area contributed by atoms with Crippen molar-refractivity contribution >= 4 is 37.4 Å². The Labute approximate surface area is 132 Å². The van der Waals surface area contributed by atoms with Crippen molar-refractivity contribution in [1.29, 1.82) is 0 Å². The molecule has 0 fully saturated rings. The van der Waals surface area contributed by atoms with Gasteiger partial charge >= 0.3 is 13.6 Å². The maximum Gasteiger partial charge on any atom is 0.434 e. The van der Waals surface area contributed by atoms with E-state index in [1.165, 1.54) is 17.8 Å². The first-order valence-electron chi connectivity index (χ1n) is 6.39. The van der Waals surface area contributed by atoms with Crippen LogP contribution in [0.5, 0.6) is 0 Å². The van der Waals surface area contributed by atoms with Crippen molar-refractivity contribution in [3.05, 3.63) is 22.0 Å². The minimum atomic E-state index is -3.19. The van der Waals surface area contributed by atoms with E-state index in [9.17, 15) is 14.7 Å². The molecule has 0 amide bonds. The van der Waals surface area contributed by atoms with Gasteiger partial charge in [-0.05, 0) is 11.5 Å². The van der Waals surface area contributed by atoms with Gasteiger partial charge in [0.1, 0.15) is 26.3 Å². The SMILES string of the molecule is BCCNP(=O)(NCCBr)OCc1cnc([N+](=O)[O-])n1C. The zero-order valence-corrected chi connectivity index (χ0v) is 14.4. The quantitative estimate of drug-likeness (QED) is 0.200. The molecule has 0 aliphatic rings. The molecule has 2 N–H and O–H groups in total. The van der Waals surface area contributed by atoms with Gasteiger partial charge in [-0.1, -0.05) is 27.2 Å². The van der Waals surface area contributed by atoms with Gasteiger partial charge in [-0.15, -0.1) is 0 Å². The van der Waals surface area contributed by atoms with E-state index in [4.69, 9.17) is 4.52 Å². The van der Waals surface area contributed by atoms with Gasteiger partial charge in [0.2, 0.25) is 0 Å². The van der Waals surface area contributed by atoms with Gasteiger partial charge in [-0.3, -0.25) is 9.09 Å². The average molecular weight is 382 g/mol. The molecule has 0 aliphatic carbocycles. The molecule has 1 aromatic rings. The van der Waals surface area contributed by atoms with Crippen LogP contribution in [0.3, 0.4) is 0 Å². The van der Waals surface area contributed by atoms with Gasteiger partial charge in [0.25, 0.3) is 0 Å². The second-order valence-corrected chi connectivity index (χ2v) is 6.98. The molecule has 21 heavy (non-hydrogen) atoms. The number of hydrogen-bond donors (Lipinski definition) is 2. The van der Waals surface area contributed by atoms with Crippen LogP contribution < -0.4 is 10.2 Å². The predicted octanol–water partition coefficient (Wildman–Crippen LogP) is 0.578. The fourth-order valence-corrected chi connectivity index (χ4v) is 3.53. The molecule has 1 aromatic heterocycles. The van der Waals surface area contributed by atoms with E-state index in [1.807, 2.05) is 7.85 Å². The van der Waals surface area contributed by atoms with E-state index >= 15 is 0 Å². The first kappa shape index (κ1) is 18.3. The average Bonchev–Trinajstić information content (AvgIpc) is 2.82. The summed E-state index contributed by atoms with van der Waals surface area (Å²) in [4.78, 5) is 13.8. The Kier molecular flexibility index (Phi) is 7.54. The van der Waals surface area contributed by atoms with Crippen molar-refractivity contribution in [3.63, 3.8) is 0 Å². The van der Waals surface area contributed by atoms with Crippen molar-refractivity contribution in [2.45, 2.75) is 12.9 Å². The first-order valence-corrected chi connectivity index (χ1v) is 9.14. The number of nitro groups is 1. The highest BCUT2D eigenvalue weighted by Gasteiger charge is 2.24. The molecule has 0 radical (unpaired) electrons. The summed E-state index contributed by atoms with van der Waals surface area (Å²) in [6.07, 6.45) is 2.15. The van der Waals surface area contributed by atoms with Gasteiger partial charge in [-0.2, -0.15) is 0 Å². The van der Waals surface area contributed by atoms with Crippen molar-refractivity contribution < 1.29 is 14.0 Å². The number of aromatic nitrogens is 2. The van der Waals surface area contributed by atoms with Crippen molar-refractivity contribution in [2.24, 2.45) is 7.05 Å². The van der Waals surface area contributed by atoms with Crippen LogP contribution in [0.2, 0.25) is 6.32 Å². The highest BCUT2D eigenvalue weighted by Crippen LogP contribution is 2.38. The molecule has 0 saturated carbocycles. The summed E-state index contributed by atoms with van der Waals surface area (Å²) in [6.45, 7) is 0.970. The minimum Gasteiger partial charge on any atom is -0.390 e. The lowest BCUT2D eigenvalue weighted by Crippen LogP contribution is -2.26.